The van der Waals surface area contributed by atoms with Gasteiger partial charge in [-0.3, -0.25) is 4.79 Å². The highest BCUT2D eigenvalue weighted by atomic mass is 35.5. The lowest BCUT2D eigenvalue weighted by Crippen LogP contribution is -2.27. The van der Waals surface area contributed by atoms with Gasteiger partial charge in [0.1, 0.15) is 19.0 Å². The molecule has 6 heteroatoms. The van der Waals surface area contributed by atoms with E-state index in [9.17, 15) is 4.79 Å². The van der Waals surface area contributed by atoms with Crippen LogP contribution in [0.25, 0.3) is 0 Å². The van der Waals surface area contributed by atoms with E-state index in [-0.39, 0.29) is 12.3 Å². The molecule has 0 spiro atoms. The van der Waals surface area contributed by atoms with Crippen LogP contribution in [0.5, 0.6) is 17.2 Å². The Hall–Kier alpha value is -2.40. The first-order valence-electron chi connectivity index (χ1n) is 8.14. The normalized spacial score (nSPS) is 12.6. The Kier molecular flexibility index (Phi) is 5.66. The van der Waals surface area contributed by atoms with Crippen molar-refractivity contribution >= 4 is 17.5 Å². The number of amides is 1. The maximum Gasteiger partial charge on any atom is 0.224 e. The smallest absolute Gasteiger partial charge is 0.224 e. The summed E-state index contributed by atoms with van der Waals surface area (Å²) in [6.07, 6.45) is 0.944. The van der Waals surface area contributed by atoms with Gasteiger partial charge in [0, 0.05) is 12.1 Å². The maximum atomic E-state index is 12.1. The van der Waals surface area contributed by atoms with Gasteiger partial charge >= 0.3 is 0 Å². The molecule has 1 heterocycles. The van der Waals surface area contributed by atoms with Crippen LogP contribution in [0, 0.1) is 0 Å². The number of methoxy groups -OCH3 is 1. The molecule has 0 unspecified atom stereocenters. The van der Waals surface area contributed by atoms with Gasteiger partial charge in [0.25, 0.3) is 0 Å². The molecule has 132 valence electrons. The number of hydrogen-bond acceptors (Lipinski definition) is 4. The molecule has 0 aromatic heterocycles. The first-order chi connectivity index (χ1) is 12.2. The van der Waals surface area contributed by atoms with E-state index in [0.29, 0.717) is 42.7 Å². The number of benzene rings is 2. The highest BCUT2D eigenvalue weighted by Gasteiger charge is 2.16. The van der Waals surface area contributed by atoms with E-state index >= 15 is 0 Å². The van der Waals surface area contributed by atoms with Crippen molar-refractivity contribution in [2.75, 3.05) is 26.9 Å². The average Bonchev–Trinajstić information content (AvgIpc) is 2.62. The van der Waals surface area contributed by atoms with Crippen LogP contribution in [0.1, 0.15) is 11.1 Å². The van der Waals surface area contributed by atoms with Crippen LogP contribution in [0.15, 0.2) is 36.4 Å². The lowest BCUT2D eigenvalue weighted by Gasteiger charge is -2.20. The second-order valence-electron chi connectivity index (χ2n) is 5.69. The predicted molar refractivity (Wildman–Crippen MR) is 95.9 cm³/mol. The third-order valence-electron chi connectivity index (χ3n) is 3.94. The van der Waals surface area contributed by atoms with E-state index in [2.05, 4.69) is 5.32 Å². The van der Waals surface area contributed by atoms with E-state index in [1.807, 2.05) is 36.4 Å². The van der Waals surface area contributed by atoms with Crippen LogP contribution in [-0.4, -0.2) is 32.8 Å². The van der Waals surface area contributed by atoms with Crippen LogP contribution in [0.3, 0.4) is 0 Å². The van der Waals surface area contributed by atoms with Gasteiger partial charge in [0.05, 0.1) is 18.6 Å². The van der Waals surface area contributed by atoms with Crippen LogP contribution in [0.4, 0.5) is 0 Å². The van der Waals surface area contributed by atoms with Gasteiger partial charge in [-0.15, -0.1) is 0 Å². The molecule has 1 aliphatic rings. The van der Waals surface area contributed by atoms with Crippen LogP contribution in [0.2, 0.25) is 5.02 Å². The lowest BCUT2D eigenvalue weighted by atomic mass is 10.1. The minimum absolute atomic E-state index is 0.0480. The van der Waals surface area contributed by atoms with Gasteiger partial charge < -0.3 is 19.5 Å². The summed E-state index contributed by atoms with van der Waals surface area (Å²) in [6.45, 7) is 1.54. The molecule has 0 atom stereocenters. The van der Waals surface area contributed by atoms with Gasteiger partial charge in [-0.2, -0.15) is 0 Å². The zero-order valence-electron chi connectivity index (χ0n) is 14.0. The monoisotopic (exact) mass is 361 g/mol. The summed E-state index contributed by atoms with van der Waals surface area (Å²) in [5.41, 5.74) is 1.86. The Labute approximate surface area is 151 Å². The van der Waals surface area contributed by atoms with Gasteiger partial charge in [-0.05, 0) is 30.2 Å². The van der Waals surface area contributed by atoms with Crippen molar-refractivity contribution in [1.82, 2.24) is 5.32 Å². The summed E-state index contributed by atoms with van der Waals surface area (Å²) in [6, 6.07) is 11.3. The van der Waals surface area contributed by atoms with E-state index in [1.165, 1.54) is 0 Å². The summed E-state index contributed by atoms with van der Waals surface area (Å²) in [5.74, 6) is 1.93. The number of nitrogens with one attached hydrogen (secondary N) is 1. The molecule has 1 N–H and O–H groups in total. The molecule has 0 saturated carbocycles. The fourth-order valence-corrected chi connectivity index (χ4v) is 3.03. The minimum Gasteiger partial charge on any atom is -0.496 e. The van der Waals surface area contributed by atoms with Gasteiger partial charge in [-0.25, -0.2) is 0 Å². The Bertz CT molecular complexity index is 763. The standard InChI is InChI=1S/C19H20ClNO4/c1-23-16-5-3-2-4-14(16)12-18(22)21-7-6-13-10-15(20)19-17(11-13)24-8-9-25-19/h2-5,10-11H,6-9,12H2,1H3,(H,21,22). The summed E-state index contributed by atoms with van der Waals surface area (Å²) >= 11 is 6.22. The van der Waals surface area contributed by atoms with E-state index in [1.54, 1.807) is 7.11 Å². The predicted octanol–water partition coefficient (Wildman–Crippen LogP) is 3.02. The largest absolute Gasteiger partial charge is 0.496 e. The van der Waals surface area contributed by atoms with Crippen molar-refractivity contribution in [2.45, 2.75) is 12.8 Å². The molecule has 0 radical (unpaired) electrons. The molecule has 2 aromatic rings. The Balaban J connectivity index is 1.54. The molecular formula is C19H20ClNO4. The maximum absolute atomic E-state index is 12.1. The number of fused-ring (bicyclic) bond motifs is 1. The number of carbonyl (C=O) groups excluding carboxylic acids is 1. The van der Waals surface area contributed by atoms with Crippen molar-refractivity contribution in [2.24, 2.45) is 0 Å². The second kappa shape index (κ2) is 8.12. The van der Waals surface area contributed by atoms with Crippen LogP contribution >= 0.6 is 11.6 Å². The zero-order chi connectivity index (χ0) is 17.6. The van der Waals surface area contributed by atoms with Crippen LogP contribution in [-0.2, 0) is 17.6 Å². The molecule has 25 heavy (non-hydrogen) atoms. The molecule has 0 saturated heterocycles. The third kappa shape index (κ3) is 4.37. The van der Waals surface area contributed by atoms with Crippen molar-refractivity contribution < 1.29 is 19.0 Å². The molecule has 1 aliphatic heterocycles. The van der Waals surface area contributed by atoms with Crippen molar-refractivity contribution in [3.8, 4) is 17.2 Å². The number of halogens is 1. The highest BCUT2D eigenvalue weighted by molar-refractivity contribution is 6.32. The first-order valence-corrected chi connectivity index (χ1v) is 8.52. The molecule has 1 amide bonds. The number of ether oxygens (including phenoxy) is 3. The number of hydrogen-bond donors (Lipinski definition) is 1. The number of rotatable bonds is 6. The zero-order valence-corrected chi connectivity index (χ0v) is 14.8. The second-order valence-corrected chi connectivity index (χ2v) is 6.10. The van der Waals surface area contributed by atoms with E-state index in [0.717, 1.165) is 16.9 Å². The Morgan fingerprint density at radius 2 is 2.04 bits per heavy atom. The topological polar surface area (TPSA) is 56.8 Å². The van der Waals surface area contributed by atoms with E-state index < -0.39 is 0 Å². The highest BCUT2D eigenvalue weighted by Crippen LogP contribution is 2.38. The number of carbonyl (C=O) groups is 1. The molecule has 2 aromatic carbocycles. The van der Waals surface area contributed by atoms with E-state index in [4.69, 9.17) is 25.8 Å². The van der Waals surface area contributed by atoms with Gasteiger partial charge in [0.15, 0.2) is 11.5 Å². The molecule has 0 fully saturated rings. The van der Waals surface area contributed by atoms with Crippen LogP contribution < -0.4 is 19.5 Å². The van der Waals surface area contributed by atoms with Crippen molar-refractivity contribution in [3.63, 3.8) is 0 Å². The molecular weight excluding hydrogens is 342 g/mol. The molecule has 3 rings (SSSR count). The van der Waals surface area contributed by atoms with Crippen molar-refractivity contribution in [1.29, 1.82) is 0 Å². The summed E-state index contributed by atoms with van der Waals surface area (Å²) in [5, 5.41) is 3.46. The SMILES string of the molecule is COc1ccccc1CC(=O)NCCc1cc(Cl)c2c(c1)OCCO2. The first kappa shape index (κ1) is 17.4. The van der Waals surface area contributed by atoms with Gasteiger partial charge in [-0.1, -0.05) is 29.8 Å². The summed E-state index contributed by atoms with van der Waals surface area (Å²) in [7, 11) is 1.60. The Morgan fingerprint density at radius 3 is 2.88 bits per heavy atom. The lowest BCUT2D eigenvalue weighted by molar-refractivity contribution is -0.120. The van der Waals surface area contributed by atoms with Crippen molar-refractivity contribution in [3.05, 3.63) is 52.5 Å². The summed E-state index contributed by atoms with van der Waals surface area (Å²) in [4.78, 5) is 12.1. The third-order valence-corrected chi connectivity index (χ3v) is 4.22. The number of para-hydroxylation sites is 1. The molecule has 0 bridgehead atoms. The quantitative estimate of drug-likeness (QED) is 0.859. The summed E-state index contributed by atoms with van der Waals surface area (Å²) < 4.78 is 16.3. The fraction of sp³-hybridized carbons (Fsp3) is 0.316. The molecule has 5 nitrogen and oxygen atoms in total. The molecule has 0 aliphatic carbocycles. The Morgan fingerprint density at radius 1 is 1.24 bits per heavy atom. The average molecular weight is 362 g/mol. The fourth-order valence-electron chi connectivity index (χ4n) is 2.74. The minimum atomic E-state index is -0.0480. The van der Waals surface area contributed by atoms with Gasteiger partial charge in [0.2, 0.25) is 5.91 Å².